The third-order valence-corrected chi connectivity index (χ3v) is 2.51. The summed E-state index contributed by atoms with van der Waals surface area (Å²) in [5.74, 6) is 0.906. The van der Waals surface area contributed by atoms with Crippen molar-refractivity contribution in [1.82, 2.24) is 4.72 Å². The smallest absolute Gasteiger partial charge is 0.0605 e. The van der Waals surface area contributed by atoms with Crippen LogP contribution in [0, 0.1) is 0 Å². The second kappa shape index (κ2) is 5.85. The Hall–Kier alpha value is -0.710. The molecule has 0 unspecified atom stereocenters. The minimum Gasteiger partial charge on any atom is -0.291 e. The molecule has 0 fully saturated rings. The quantitative estimate of drug-likeness (QED) is 0.386. The minimum absolute atomic E-state index is 0.731. The molecule has 1 aromatic carbocycles. The molecule has 72 valence electrons. The molecule has 0 aliphatic carbocycles. The van der Waals surface area contributed by atoms with E-state index in [9.17, 15) is 0 Å². The highest BCUT2D eigenvalue weighted by Gasteiger charge is 1.94. The molecule has 3 nitrogen and oxygen atoms in total. The number of nitrogens with one attached hydrogen (secondary N) is 2. The maximum atomic E-state index is 8.66. The van der Waals surface area contributed by atoms with Crippen molar-refractivity contribution < 1.29 is 5.21 Å². The Morgan fingerprint density at radius 3 is 3.00 bits per heavy atom. The van der Waals surface area contributed by atoms with Crippen LogP contribution >= 0.6 is 11.9 Å². The van der Waals surface area contributed by atoms with Crippen LogP contribution in [0.15, 0.2) is 24.3 Å². The summed E-state index contributed by atoms with van der Waals surface area (Å²) in [7, 11) is 0. The summed E-state index contributed by atoms with van der Waals surface area (Å²) in [6.07, 6.45) is 0. The molecule has 0 saturated carbocycles. The number of rotatable bonds is 5. The molecule has 0 atom stereocenters. The lowest BCUT2D eigenvalue weighted by atomic mass is 10.2. The Labute approximate surface area is 82.6 Å². The Morgan fingerprint density at radius 2 is 2.31 bits per heavy atom. The van der Waals surface area contributed by atoms with Crippen LogP contribution in [0.25, 0.3) is 0 Å². The third kappa shape index (κ3) is 3.67. The number of anilines is 1. The highest BCUT2D eigenvalue weighted by Crippen LogP contribution is 2.13. The molecular weight excluding hydrogens is 184 g/mol. The molecule has 0 radical (unpaired) electrons. The summed E-state index contributed by atoms with van der Waals surface area (Å²) in [5.41, 5.74) is 4.04. The SMILES string of the molecule is CCNSCc1cccc(NO)c1. The van der Waals surface area contributed by atoms with Gasteiger partial charge in [0.2, 0.25) is 0 Å². The van der Waals surface area contributed by atoms with E-state index in [4.69, 9.17) is 5.21 Å². The predicted octanol–water partition coefficient (Wildman–Crippen LogP) is 2.25. The zero-order valence-corrected chi connectivity index (χ0v) is 8.40. The van der Waals surface area contributed by atoms with E-state index in [-0.39, 0.29) is 0 Å². The standard InChI is InChI=1S/C9H14N2OS/c1-2-10-13-7-8-4-3-5-9(6-8)11-12/h3-6,10-12H,2,7H2,1H3. The second-order valence-electron chi connectivity index (χ2n) is 2.60. The van der Waals surface area contributed by atoms with Crippen LogP contribution in [0.4, 0.5) is 5.69 Å². The average molecular weight is 198 g/mol. The van der Waals surface area contributed by atoms with Gasteiger partial charge in [0.05, 0.1) is 5.69 Å². The van der Waals surface area contributed by atoms with Gasteiger partial charge in [-0.25, -0.2) is 0 Å². The monoisotopic (exact) mass is 198 g/mol. The van der Waals surface area contributed by atoms with Crippen molar-refractivity contribution in [2.45, 2.75) is 12.7 Å². The Bertz CT molecular complexity index is 255. The van der Waals surface area contributed by atoms with Crippen molar-refractivity contribution in [3.63, 3.8) is 0 Å². The normalized spacial score (nSPS) is 10.0. The first-order valence-corrected chi connectivity index (χ1v) is 5.19. The fourth-order valence-corrected chi connectivity index (χ4v) is 1.62. The van der Waals surface area contributed by atoms with E-state index in [1.54, 1.807) is 11.9 Å². The van der Waals surface area contributed by atoms with Crippen LogP contribution in [-0.2, 0) is 5.75 Å². The minimum atomic E-state index is 0.731. The highest BCUT2D eigenvalue weighted by atomic mass is 32.2. The van der Waals surface area contributed by atoms with E-state index >= 15 is 0 Å². The molecule has 0 amide bonds. The molecule has 0 aliphatic heterocycles. The van der Waals surface area contributed by atoms with Crippen molar-refractivity contribution in [2.75, 3.05) is 12.0 Å². The van der Waals surface area contributed by atoms with Crippen molar-refractivity contribution >= 4 is 17.6 Å². The van der Waals surface area contributed by atoms with Crippen LogP contribution in [-0.4, -0.2) is 11.8 Å². The van der Waals surface area contributed by atoms with E-state index in [1.807, 2.05) is 24.3 Å². The van der Waals surface area contributed by atoms with Gasteiger partial charge < -0.3 is 0 Å². The number of hydrogen-bond acceptors (Lipinski definition) is 4. The summed E-state index contributed by atoms with van der Waals surface area (Å²) in [4.78, 5) is 0. The lowest BCUT2D eigenvalue weighted by Crippen LogP contribution is -2.01. The van der Waals surface area contributed by atoms with Crippen LogP contribution in [0.3, 0.4) is 0 Å². The van der Waals surface area contributed by atoms with E-state index < -0.39 is 0 Å². The van der Waals surface area contributed by atoms with Gasteiger partial charge in [-0.05, 0) is 17.7 Å². The topological polar surface area (TPSA) is 44.3 Å². The van der Waals surface area contributed by atoms with Gasteiger partial charge in [-0.1, -0.05) is 31.0 Å². The Kier molecular flexibility index (Phi) is 4.67. The number of hydrogen-bond donors (Lipinski definition) is 3. The lowest BCUT2D eigenvalue weighted by molar-refractivity contribution is 0.389. The molecule has 13 heavy (non-hydrogen) atoms. The maximum Gasteiger partial charge on any atom is 0.0605 e. The molecule has 0 bridgehead atoms. The molecule has 1 rings (SSSR count). The molecular formula is C9H14N2OS. The molecule has 1 aromatic rings. The lowest BCUT2D eigenvalue weighted by Gasteiger charge is -2.03. The van der Waals surface area contributed by atoms with Crippen LogP contribution in [0.2, 0.25) is 0 Å². The van der Waals surface area contributed by atoms with Gasteiger partial charge in [0, 0.05) is 12.3 Å². The largest absolute Gasteiger partial charge is 0.291 e. The van der Waals surface area contributed by atoms with Gasteiger partial charge in [-0.2, -0.15) is 0 Å². The average Bonchev–Trinajstić information content (AvgIpc) is 2.19. The highest BCUT2D eigenvalue weighted by molar-refractivity contribution is 7.96. The first-order chi connectivity index (χ1) is 6.36. The summed E-state index contributed by atoms with van der Waals surface area (Å²) >= 11 is 1.67. The summed E-state index contributed by atoms with van der Waals surface area (Å²) < 4.78 is 3.17. The molecule has 0 spiro atoms. The first-order valence-electron chi connectivity index (χ1n) is 4.20. The van der Waals surface area contributed by atoms with Crippen molar-refractivity contribution in [1.29, 1.82) is 0 Å². The zero-order valence-electron chi connectivity index (χ0n) is 7.58. The summed E-state index contributed by atoms with van der Waals surface area (Å²) in [5, 5.41) is 8.66. The first kappa shape index (κ1) is 10.4. The predicted molar refractivity (Wildman–Crippen MR) is 56.8 cm³/mol. The van der Waals surface area contributed by atoms with Gasteiger partial charge in [0.1, 0.15) is 0 Å². The van der Waals surface area contributed by atoms with E-state index in [1.165, 1.54) is 5.56 Å². The Balaban J connectivity index is 2.46. The van der Waals surface area contributed by atoms with Crippen LogP contribution < -0.4 is 10.2 Å². The van der Waals surface area contributed by atoms with Crippen molar-refractivity contribution in [3.8, 4) is 0 Å². The summed E-state index contributed by atoms with van der Waals surface area (Å²) in [6.45, 7) is 3.03. The third-order valence-electron chi connectivity index (χ3n) is 1.54. The molecule has 0 heterocycles. The van der Waals surface area contributed by atoms with Gasteiger partial charge in [0.15, 0.2) is 0 Å². The van der Waals surface area contributed by atoms with E-state index in [0.29, 0.717) is 0 Å². The van der Waals surface area contributed by atoms with E-state index in [2.05, 4.69) is 17.1 Å². The van der Waals surface area contributed by atoms with E-state index in [0.717, 1.165) is 18.0 Å². The molecule has 4 heteroatoms. The zero-order chi connectivity index (χ0) is 9.52. The molecule has 0 saturated heterocycles. The second-order valence-corrected chi connectivity index (χ2v) is 3.46. The number of benzene rings is 1. The maximum absolute atomic E-state index is 8.66. The van der Waals surface area contributed by atoms with Crippen molar-refractivity contribution in [3.05, 3.63) is 29.8 Å². The van der Waals surface area contributed by atoms with Crippen LogP contribution in [0.5, 0.6) is 0 Å². The van der Waals surface area contributed by atoms with Gasteiger partial charge in [-0.3, -0.25) is 15.4 Å². The van der Waals surface area contributed by atoms with Crippen molar-refractivity contribution in [2.24, 2.45) is 0 Å². The van der Waals surface area contributed by atoms with Gasteiger partial charge in [0.25, 0.3) is 0 Å². The Morgan fingerprint density at radius 1 is 1.46 bits per heavy atom. The fraction of sp³-hybridized carbons (Fsp3) is 0.333. The van der Waals surface area contributed by atoms with Gasteiger partial charge in [-0.15, -0.1) is 0 Å². The molecule has 3 N–H and O–H groups in total. The summed E-state index contributed by atoms with van der Waals surface area (Å²) in [6, 6.07) is 7.69. The van der Waals surface area contributed by atoms with Gasteiger partial charge >= 0.3 is 0 Å². The molecule has 0 aliphatic rings. The molecule has 0 aromatic heterocycles. The fourth-order valence-electron chi connectivity index (χ4n) is 0.967. The van der Waals surface area contributed by atoms with Crippen LogP contribution in [0.1, 0.15) is 12.5 Å².